The SMILES string of the molecule is CC(F)c1ccc(S(=O)(=O)Cl)cc1. The van der Waals surface area contributed by atoms with Crippen LogP contribution in [-0.4, -0.2) is 8.42 Å². The molecule has 1 aromatic carbocycles. The molecule has 0 N–H and O–H groups in total. The molecule has 0 aliphatic heterocycles. The van der Waals surface area contributed by atoms with Crippen LogP contribution in [0.5, 0.6) is 0 Å². The predicted octanol–water partition coefficient (Wildman–Crippen LogP) is 2.64. The molecule has 0 aliphatic rings. The van der Waals surface area contributed by atoms with Gasteiger partial charge in [0.2, 0.25) is 0 Å². The molecule has 1 unspecified atom stereocenters. The Morgan fingerprint density at radius 1 is 1.31 bits per heavy atom. The van der Waals surface area contributed by atoms with Gasteiger partial charge in [0.15, 0.2) is 0 Å². The summed E-state index contributed by atoms with van der Waals surface area (Å²) in [5.41, 5.74) is 0.434. The zero-order valence-corrected chi connectivity index (χ0v) is 8.44. The summed E-state index contributed by atoms with van der Waals surface area (Å²) in [6, 6.07) is 5.38. The van der Waals surface area contributed by atoms with E-state index in [0.717, 1.165) is 0 Å². The third-order valence-electron chi connectivity index (χ3n) is 1.62. The lowest BCUT2D eigenvalue weighted by molar-refractivity contribution is 0.374. The molecule has 5 heteroatoms. The van der Waals surface area contributed by atoms with Crippen LogP contribution in [0.2, 0.25) is 0 Å². The maximum atomic E-state index is 12.7. The summed E-state index contributed by atoms with van der Waals surface area (Å²) in [5.74, 6) is 0. The zero-order chi connectivity index (χ0) is 10.1. The highest BCUT2D eigenvalue weighted by atomic mass is 35.7. The van der Waals surface area contributed by atoms with Crippen molar-refractivity contribution in [3.63, 3.8) is 0 Å². The lowest BCUT2D eigenvalue weighted by atomic mass is 10.1. The average molecular weight is 223 g/mol. The lowest BCUT2D eigenvalue weighted by Gasteiger charge is -2.01. The minimum absolute atomic E-state index is 0.0152. The van der Waals surface area contributed by atoms with Gasteiger partial charge in [0.25, 0.3) is 9.05 Å². The number of benzene rings is 1. The predicted molar refractivity (Wildman–Crippen MR) is 49.0 cm³/mol. The number of rotatable bonds is 2. The van der Waals surface area contributed by atoms with Crippen LogP contribution in [0.3, 0.4) is 0 Å². The van der Waals surface area contributed by atoms with Gasteiger partial charge in [0, 0.05) is 10.7 Å². The van der Waals surface area contributed by atoms with Gasteiger partial charge in [-0.25, -0.2) is 12.8 Å². The second kappa shape index (κ2) is 3.64. The second-order valence-corrected chi connectivity index (χ2v) is 5.19. The summed E-state index contributed by atoms with van der Waals surface area (Å²) in [6.07, 6.45) is -1.10. The molecular weight excluding hydrogens is 215 g/mol. The summed E-state index contributed by atoms with van der Waals surface area (Å²) < 4.78 is 34.3. The monoisotopic (exact) mass is 222 g/mol. The Morgan fingerprint density at radius 3 is 2.08 bits per heavy atom. The molecule has 0 spiro atoms. The topological polar surface area (TPSA) is 34.1 Å². The van der Waals surface area contributed by atoms with Crippen molar-refractivity contribution in [1.82, 2.24) is 0 Å². The smallest absolute Gasteiger partial charge is 0.243 e. The molecule has 0 heterocycles. The van der Waals surface area contributed by atoms with E-state index in [-0.39, 0.29) is 4.90 Å². The number of alkyl halides is 1. The largest absolute Gasteiger partial charge is 0.261 e. The fourth-order valence-electron chi connectivity index (χ4n) is 0.896. The van der Waals surface area contributed by atoms with Crippen molar-refractivity contribution in [1.29, 1.82) is 0 Å². The van der Waals surface area contributed by atoms with Crippen molar-refractivity contribution < 1.29 is 12.8 Å². The Labute approximate surface area is 80.8 Å². The van der Waals surface area contributed by atoms with E-state index in [4.69, 9.17) is 10.7 Å². The van der Waals surface area contributed by atoms with Crippen molar-refractivity contribution >= 4 is 19.7 Å². The molecular formula is C8H8ClFO2S. The van der Waals surface area contributed by atoms with Crippen molar-refractivity contribution in [2.45, 2.75) is 18.0 Å². The summed E-state index contributed by atoms with van der Waals surface area (Å²) in [7, 11) is 1.37. The average Bonchev–Trinajstić information content (AvgIpc) is 2.03. The minimum atomic E-state index is -3.70. The van der Waals surface area contributed by atoms with Crippen LogP contribution < -0.4 is 0 Å². The van der Waals surface area contributed by atoms with Crippen molar-refractivity contribution in [2.75, 3.05) is 0 Å². The van der Waals surface area contributed by atoms with E-state index in [1.165, 1.54) is 31.2 Å². The Kier molecular flexibility index (Phi) is 2.93. The number of hydrogen-bond donors (Lipinski definition) is 0. The molecule has 1 atom stereocenters. The molecule has 72 valence electrons. The van der Waals surface area contributed by atoms with Gasteiger partial charge in [-0.15, -0.1) is 0 Å². The highest BCUT2D eigenvalue weighted by molar-refractivity contribution is 8.13. The van der Waals surface area contributed by atoms with E-state index in [1.807, 2.05) is 0 Å². The summed E-state index contributed by atoms with van der Waals surface area (Å²) in [6.45, 7) is 1.38. The Morgan fingerprint density at radius 2 is 1.77 bits per heavy atom. The zero-order valence-electron chi connectivity index (χ0n) is 6.87. The maximum Gasteiger partial charge on any atom is 0.261 e. The summed E-state index contributed by atoms with van der Waals surface area (Å²) >= 11 is 0. The molecule has 13 heavy (non-hydrogen) atoms. The van der Waals surface area contributed by atoms with Crippen LogP contribution in [0.25, 0.3) is 0 Å². The molecule has 0 amide bonds. The molecule has 1 aromatic rings. The van der Waals surface area contributed by atoms with Crippen LogP contribution >= 0.6 is 10.7 Å². The van der Waals surface area contributed by atoms with Crippen molar-refractivity contribution in [3.05, 3.63) is 29.8 Å². The normalized spacial score (nSPS) is 14.1. The van der Waals surface area contributed by atoms with Crippen LogP contribution in [0.1, 0.15) is 18.7 Å². The fourth-order valence-corrected chi connectivity index (χ4v) is 1.67. The van der Waals surface area contributed by atoms with Gasteiger partial charge in [0.05, 0.1) is 4.90 Å². The Hall–Kier alpha value is -0.610. The minimum Gasteiger partial charge on any atom is -0.243 e. The molecule has 0 aromatic heterocycles. The first-order chi connectivity index (χ1) is 5.91. The van der Waals surface area contributed by atoms with E-state index in [2.05, 4.69) is 0 Å². The lowest BCUT2D eigenvalue weighted by Crippen LogP contribution is -1.91. The Bertz CT molecular complexity index is 383. The van der Waals surface area contributed by atoms with Gasteiger partial charge in [-0.2, -0.15) is 0 Å². The first-order valence-corrected chi connectivity index (χ1v) is 5.91. The van der Waals surface area contributed by atoms with E-state index >= 15 is 0 Å². The molecule has 0 aliphatic carbocycles. The molecule has 0 radical (unpaired) electrons. The van der Waals surface area contributed by atoms with Gasteiger partial charge in [-0.1, -0.05) is 12.1 Å². The van der Waals surface area contributed by atoms with Crippen molar-refractivity contribution in [2.24, 2.45) is 0 Å². The first kappa shape index (κ1) is 10.5. The molecule has 0 bridgehead atoms. The standard InChI is InChI=1S/C8H8ClFO2S/c1-6(10)7-2-4-8(5-3-7)13(9,11)12/h2-6H,1H3. The third kappa shape index (κ3) is 2.67. The molecule has 0 saturated carbocycles. The van der Waals surface area contributed by atoms with Crippen LogP contribution in [0.4, 0.5) is 4.39 Å². The number of hydrogen-bond acceptors (Lipinski definition) is 2. The quantitative estimate of drug-likeness (QED) is 0.721. The first-order valence-electron chi connectivity index (χ1n) is 3.60. The van der Waals surface area contributed by atoms with E-state index in [9.17, 15) is 12.8 Å². The highest BCUT2D eigenvalue weighted by Crippen LogP contribution is 2.20. The Balaban J connectivity index is 3.08. The maximum absolute atomic E-state index is 12.7. The molecule has 0 fully saturated rings. The van der Waals surface area contributed by atoms with Gasteiger partial charge < -0.3 is 0 Å². The summed E-state index contributed by atoms with van der Waals surface area (Å²) in [4.78, 5) is -0.0152. The van der Waals surface area contributed by atoms with Crippen LogP contribution in [0.15, 0.2) is 29.2 Å². The fraction of sp³-hybridized carbons (Fsp3) is 0.250. The van der Waals surface area contributed by atoms with Gasteiger partial charge in [-0.05, 0) is 24.6 Å². The highest BCUT2D eigenvalue weighted by Gasteiger charge is 2.10. The molecule has 2 nitrogen and oxygen atoms in total. The summed E-state index contributed by atoms with van der Waals surface area (Å²) in [5, 5.41) is 0. The van der Waals surface area contributed by atoms with E-state index in [0.29, 0.717) is 5.56 Å². The second-order valence-electron chi connectivity index (χ2n) is 2.62. The van der Waals surface area contributed by atoms with E-state index < -0.39 is 15.2 Å². The van der Waals surface area contributed by atoms with Crippen LogP contribution in [0, 0.1) is 0 Å². The van der Waals surface area contributed by atoms with Gasteiger partial charge >= 0.3 is 0 Å². The van der Waals surface area contributed by atoms with Crippen molar-refractivity contribution in [3.8, 4) is 0 Å². The molecule has 0 saturated heterocycles. The molecule has 1 rings (SSSR count). The van der Waals surface area contributed by atoms with Crippen LogP contribution in [-0.2, 0) is 9.05 Å². The van der Waals surface area contributed by atoms with Gasteiger partial charge in [0.1, 0.15) is 6.17 Å². The van der Waals surface area contributed by atoms with E-state index in [1.54, 1.807) is 0 Å². The number of halogens is 2. The third-order valence-corrected chi connectivity index (χ3v) is 2.99. The van der Waals surface area contributed by atoms with Gasteiger partial charge in [-0.3, -0.25) is 0 Å².